The summed E-state index contributed by atoms with van der Waals surface area (Å²) in [7, 11) is 1.59. The largest absolute Gasteiger partial charge is 0.497 e. The molecule has 0 aliphatic carbocycles. The summed E-state index contributed by atoms with van der Waals surface area (Å²) >= 11 is 1.28. The van der Waals surface area contributed by atoms with E-state index in [0.717, 1.165) is 41.3 Å². The molecule has 4 rings (SSSR count). The second-order valence-corrected chi connectivity index (χ2v) is 8.86. The lowest BCUT2D eigenvalue weighted by molar-refractivity contribution is 0.102. The van der Waals surface area contributed by atoms with Crippen LogP contribution in [0.3, 0.4) is 0 Å². The average Bonchev–Trinajstić information content (AvgIpc) is 3.36. The molecule has 2 aromatic carbocycles. The van der Waals surface area contributed by atoms with Gasteiger partial charge in [-0.1, -0.05) is 36.5 Å². The number of benzene rings is 2. The SMILES string of the molecule is CCc1ccccc1NC(=O)N1CCC[C@@H](c2nnc(C(=O)Nc3ccc(OC)cc3)s2)C1. The molecule has 2 heterocycles. The number of likely N-dealkylation sites (tertiary alicyclic amines) is 1. The first kappa shape index (κ1) is 22.7. The summed E-state index contributed by atoms with van der Waals surface area (Å²) in [4.78, 5) is 27.3. The van der Waals surface area contributed by atoms with Gasteiger partial charge in [0.15, 0.2) is 0 Å². The van der Waals surface area contributed by atoms with E-state index in [-0.39, 0.29) is 17.9 Å². The van der Waals surface area contributed by atoms with Crippen molar-refractivity contribution in [2.45, 2.75) is 32.1 Å². The molecule has 1 aliphatic heterocycles. The number of aromatic nitrogens is 2. The van der Waals surface area contributed by atoms with E-state index in [4.69, 9.17) is 4.74 Å². The third-order valence-corrected chi connectivity index (χ3v) is 6.76. The van der Waals surface area contributed by atoms with Crippen LogP contribution in [0.1, 0.15) is 46.1 Å². The third-order valence-electron chi connectivity index (χ3n) is 5.68. The fourth-order valence-electron chi connectivity index (χ4n) is 3.86. The summed E-state index contributed by atoms with van der Waals surface area (Å²) in [5, 5.41) is 15.3. The molecule has 1 fully saturated rings. The fraction of sp³-hybridized carbons (Fsp3) is 0.333. The molecule has 0 saturated carbocycles. The Hall–Kier alpha value is -3.46. The van der Waals surface area contributed by atoms with Crippen molar-refractivity contribution < 1.29 is 14.3 Å². The van der Waals surface area contributed by atoms with Crippen LogP contribution in [0.2, 0.25) is 0 Å². The minimum Gasteiger partial charge on any atom is -0.497 e. The van der Waals surface area contributed by atoms with Crippen molar-refractivity contribution in [2.24, 2.45) is 0 Å². The van der Waals surface area contributed by atoms with Gasteiger partial charge in [0, 0.05) is 30.4 Å². The maximum atomic E-state index is 12.9. The Labute approximate surface area is 197 Å². The molecule has 0 unspecified atom stereocenters. The van der Waals surface area contributed by atoms with Gasteiger partial charge in [-0.05, 0) is 55.2 Å². The zero-order valence-corrected chi connectivity index (χ0v) is 19.5. The van der Waals surface area contributed by atoms with Crippen molar-refractivity contribution in [2.75, 3.05) is 30.8 Å². The van der Waals surface area contributed by atoms with Crippen molar-refractivity contribution >= 4 is 34.6 Å². The molecule has 1 aromatic heterocycles. The molecule has 3 aromatic rings. The van der Waals surface area contributed by atoms with Crippen LogP contribution in [0.15, 0.2) is 48.5 Å². The van der Waals surface area contributed by atoms with Crippen molar-refractivity contribution in [3.05, 3.63) is 64.1 Å². The van der Waals surface area contributed by atoms with Gasteiger partial charge in [-0.3, -0.25) is 4.79 Å². The third kappa shape index (κ3) is 5.48. The summed E-state index contributed by atoms with van der Waals surface area (Å²) < 4.78 is 5.13. The molecular formula is C24H27N5O3S. The van der Waals surface area contributed by atoms with Gasteiger partial charge < -0.3 is 20.3 Å². The van der Waals surface area contributed by atoms with Crippen LogP contribution in [0.5, 0.6) is 5.75 Å². The van der Waals surface area contributed by atoms with E-state index < -0.39 is 0 Å². The van der Waals surface area contributed by atoms with Crippen LogP contribution >= 0.6 is 11.3 Å². The molecule has 172 valence electrons. The molecule has 1 aliphatic rings. The highest BCUT2D eigenvalue weighted by atomic mass is 32.1. The molecule has 33 heavy (non-hydrogen) atoms. The van der Waals surface area contributed by atoms with Gasteiger partial charge in [0.25, 0.3) is 5.91 Å². The number of urea groups is 1. The van der Waals surface area contributed by atoms with E-state index in [9.17, 15) is 9.59 Å². The number of rotatable bonds is 6. The quantitative estimate of drug-likeness (QED) is 0.546. The first-order chi connectivity index (χ1) is 16.1. The number of carbonyl (C=O) groups excluding carboxylic acids is 2. The number of para-hydroxylation sites is 1. The minimum absolute atomic E-state index is 0.0611. The summed E-state index contributed by atoms with van der Waals surface area (Å²) in [5.41, 5.74) is 2.61. The Bertz CT molecular complexity index is 1120. The number of aryl methyl sites for hydroxylation is 1. The minimum atomic E-state index is -0.300. The highest BCUT2D eigenvalue weighted by molar-refractivity contribution is 7.13. The topological polar surface area (TPSA) is 96.5 Å². The number of amides is 3. The summed E-state index contributed by atoms with van der Waals surface area (Å²) in [6.07, 6.45) is 2.63. The average molecular weight is 466 g/mol. The Morgan fingerprint density at radius 3 is 2.67 bits per heavy atom. The van der Waals surface area contributed by atoms with Crippen LogP contribution in [0.4, 0.5) is 16.2 Å². The standard InChI is InChI=1S/C24H27N5O3S/c1-3-16-7-4-5-9-20(16)26-24(31)29-14-6-8-17(15-29)22-27-28-23(33-22)21(30)25-18-10-12-19(32-2)13-11-18/h4-5,7,9-13,17H,3,6,8,14-15H2,1-2H3,(H,25,30)(H,26,31)/t17-/m1/s1. The number of hydrogen-bond donors (Lipinski definition) is 2. The second-order valence-electron chi connectivity index (χ2n) is 7.85. The monoisotopic (exact) mass is 465 g/mol. The predicted molar refractivity (Wildman–Crippen MR) is 129 cm³/mol. The number of ether oxygens (including phenoxy) is 1. The molecule has 2 N–H and O–H groups in total. The van der Waals surface area contributed by atoms with E-state index in [0.29, 0.717) is 23.8 Å². The summed E-state index contributed by atoms with van der Waals surface area (Å²) in [6, 6.07) is 14.8. The lowest BCUT2D eigenvalue weighted by Crippen LogP contribution is -2.41. The lowest BCUT2D eigenvalue weighted by Gasteiger charge is -2.31. The predicted octanol–water partition coefficient (Wildman–Crippen LogP) is 4.77. The number of nitrogens with one attached hydrogen (secondary N) is 2. The number of hydrogen-bond acceptors (Lipinski definition) is 6. The smallest absolute Gasteiger partial charge is 0.321 e. The van der Waals surface area contributed by atoms with E-state index in [2.05, 4.69) is 27.8 Å². The Morgan fingerprint density at radius 1 is 1.12 bits per heavy atom. The van der Waals surface area contributed by atoms with Gasteiger partial charge in [0.2, 0.25) is 5.01 Å². The van der Waals surface area contributed by atoms with Crippen molar-refractivity contribution in [1.29, 1.82) is 0 Å². The molecule has 1 atom stereocenters. The lowest BCUT2D eigenvalue weighted by atomic mass is 9.99. The fourth-order valence-corrected chi connectivity index (χ4v) is 4.72. The van der Waals surface area contributed by atoms with Gasteiger partial charge in [0.1, 0.15) is 10.8 Å². The van der Waals surface area contributed by atoms with E-state index >= 15 is 0 Å². The molecule has 8 nitrogen and oxygen atoms in total. The first-order valence-electron chi connectivity index (χ1n) is 11.0. The van der Waals surface area contributed by atoms with Crippen LogP contribution in [-0.2, 0) is 6.42 Å². The second kappa shape index (κ2) is 10.4. The zero-order chi connectivity index (χ0) is 23.2. The Balaban J connectivity index is 1.38. The zero-order valence-electron chi connectivity index (χ0n) is 18.7. The molecule has 0 radical (unpaired) electrons. The summed E-state index contributed by atoms with van der Waals surface area (Å²) in [6.45, 7) is 3.31. The van der Waals surface area contributed by atoms with Gasteiger partial charge in [-0.2, -0.15) is 0 Å². The Morgan fingerprint density at radius 2 is 1.91 bits per heavy atom. The van der Waals surface area contributed by atoms with Crippen LogP contribution < -0.4 is 15.4 Å². The van der Waals surface area contributed by atoms with Crippen LogP contribution in [-0.4, -0.2) is 47.2 Å². The molecule has 1 saturated heterocycles. The van der Waals surface area contributed by atoms with E-state index in [1.807, 2.05) is 29.2 Å². The van der Waals surface area contributed by atoms with Crippen molar-refractivity contribution in [3.63, 3.8) is 0 Å². The number of anilines is 2. The molecule has 3 amide bonds. The normalized spacial score (nSPS) is 15.7. The highest BCUT2D eigenvalue weighted by Gasteiger charge is 2.28. The first-order valence-corrected chi connectivity index (χ1v) is 11.8. The number of methoxy groups -OCH3 is 1. The van der Waals surface area contributed by atoms with Crippen LogP contribution in [0.25, 0.3) is 0 Å². The molecule has 9 heteroatoms. The van der Waals surface area contributed by atoms with Gasteiger partial charge in [0.05, 0.1) is 7.11 Å². The van der Waals surface area contributed by atoms with Crippen molar-refractivity contribution in [3.8, 4) is 5.75 Å². The number of nitrogens with zero attached hydrogens (tertiary/aromatic N) is 3. The number of carbonyl (C=O) groups is 2. The highest BCUT2D eigenvalue weighted by Crippen LogP contribution is 2.30. The van der Waals surface area contributed by atoms with Crippen molar-refractivity contribution in [1.82, 2.24) is 15.1 Å². The molecule has 0 spiro atoms. The summed E-state index contributed by atoms with van der Waals surface area (Å²) in [5.74, 6) is 0.478. The number of piperidine rings is 1. The van der Waals surface area contributed by atoms with Gasteiger partial charge in [-0.25, -0.2) is 4.79 Å². The maximum Gasteiger partial charge on any atom is 0.321 e. The maximum absolute atomic E-state index is 12.9. The van der Waals surface area contributed by atoms with Gasteiger partial charge >= 0.3 is 6.03 Å². The van der Waals surface area contributed by atoms with Crippen LogP contribution in [0, 0.1) is 0 Å². The van der Waals surface area contributed by atoms with E-state index in [1.165, 1.54) is 11.3 Å². The molecule has 0 bridgehead atoms. The van der Waals surface area contributed by atoms with E-state index in [1.54, 1.807) is 31.4 Å². The molecular weight excluding hydrogens is 438 g/mol. The van der Waals surface area contributed by atoms with Gasteiger partial charge in [-0.15, -0.1) is 10.2 Å². The Kier molecular flexibility index (Phi) is 7.19.